The first-order valence-electron chi connectivity index (χ1n) is 12.6. The van der Waals surface area contributed by atoms with Crippen molar-refractivity contribution in [2.75, 3.05) is 6.61 Å². The van der Waals surface area contributed by atoms with Crippen molar-refractivity contribution in [2.24, 2.45) is 4.99 Å². The molecule has 42 heavy (non-hydrogen) atoms. The molecule has 0 bridgehead atoms. The Kier molecular flexibility index (Phi) is 7.76. The van der Waals surface area contributed by atoms with Crippen molar-refractivity contribution in [3.05, 3.63) is 135 Å². The highest BCUT2D eigenvalue weighted by molar-refractivity contribution is 7.07. The lowest BCUT2D eigenvalue weighted by Crippen LogP contribution is -2.39. The first-order valence-corrected chi connectivity index (χ1v) is 13.4. The van der Waals surface area contributed by atoms with Crippen LogP contribution in [0.3, 0.4) is 0 Å². The second-order valence-corrected chi connectivity index (χ2v) is 10.1. The van der Waals surface area contributed by atoms with Crippen molar-refractivity contribution in [3.8, 4) is 11.5 Å². The zero-order chi connectivity index (χ0) is 30.0. The number of benzene rings is 3. The smallest absolute Gasteiger partial charge is 0.338 e. The monoisotopic (exact) mass is 586 g/mol. The molecule has 0 fully saturated rings. The topological polar surface area (TPSA) is 156 Å². The van der Waals surface area contributed by atoms with Gasteiger partial charge in [-0.05, 0) is 49.2 Å². The molecule has 5 rings (SSSR count). The normalized spacial score (nSPS) is 14.6. The van der Waals surface area contributed by atoms with Crippen LogP contribution < -0.4 is 19.6 Å². The third-order valence-electron chi connectivity index (χ3n) is 6.37. The van der Waals surface area contributed by atoms with E-state index in [2.05, 4.69) is 4.99 Å². The third-order valence-corrected chi connectivity index (χ3v) is 7.35. The molecule has 1 aliphatic heterocycles. The molecule has 0 N–H and O–H groups in total. The second-order valence-electron chi connectivity index (χ2n) is 9.05. The Labute approximate surface area is 241 Å². The number of nitro benzene ring substituents is 2. The summed E-state index contributed by atoms with van der Waals surface area (Å²) in [6.45, 7) is 3.58. The lowest BCUT2D eigenvalue weighted by molar-refractivity contribution is -0.394. The highest BCUT2D eigenvalue weighted by Gasteiger charge is 2.33. The summed E-state index contributed by atoms with van der Waals surface area (Å²) in [7, 11) is 0. The number of non-ortho nitro benzene ring substituents is 1. The Bertz CT molecular complexity index is 1950. The van der Waals surface area contributed by atoms with Crippen LogP contribution in [0.1, 0.15) is 31.0 Å². The molecule has 1 aliphatic rings. The van der Waals surface area contributed by atoms with Gasteiger partial charge in [-0.25, -0.2) is 9.79 Å². The minimum absolute atomic E-state index is 0.170. The number of thiazole rings is 1. The van der Waals surface area contributed by atoms with Gasteiger partial charge in [0.05, 0.1) is 44.4 Å². The largest absolute Gasteiger partial charge is 0.463 e. The van der Waals surface area contributed by atoms with Crippen molar-refractivity contribution in [3.63, 3.8) is 0 Å². The summed E-state index contributed by atoms with van der Waals surface area (Å²) in [6, 6.07) is 18.0. The molecule has 3 aromatic carbocycles. The van der Waals surface area contributed by atoms with Crippen LogP contribution in [0.5, 0.6) is 11.5 Å². The summed E-state index contributed by atoms with van der Waals surface area (Å²) in [5.41, 5.74) is 0.656. The van der Waals surface area contributed by atoms with Gasteiger partial charge in [-0.15, -0.1) is 0 Å². The van der Waals surface area contributed by atoms with Crippen molar-refractivity contribution in [1.82, 2.24) is 4.57 Å². The lowest BCUT2D eigenvalue weighted by atomic mass is 9.96. The Morgan fingerprint density at radius 3 is 2.50 bits per heavy atom. The van der Waals surface area contributed by atoms with E-state index in [4.69, 9.17) is 9.47 Å². The van der Waals surface area contributed by atoms with E-state index in [1.54, 1.807) is 44.2 Å². The highest BCUT2D eigenvalue weighted by Crippen LogP contribution is 2.35. The summed E-state index contributed by atoms with van der Waals surface area (Å²) >= 11 is 1.15. The molecule has 0 amide bonds. The zero-order valence-electron chi connectivity index (χ0n) is 22.3. The number of nitro groups is 2. The van der Waals surface area contributed by atoms with Gasteiger partial charge in [0.1, 0.15) is 5.75 Å². The van der Waals surface area contributed by atoms with Gasteiger partial charge in [-0.2, -0.15) is 0 Å². The van der Waals surface area contributed by atoms with Crippen LogP contribution in [0, 0.1) is 20.2 Å². The van der Waals surface area contributed by atoms with Gasteiger partial charge in [-0.3, -0.25) is 29.6 Å². The summed E-state index contributed by atoms with van der Waals surface area (Å²) in [5.74, 6) is -0.505. The Morgan fingerprint density at radius 2 is 1.81 bits per heavy atom. The van der Waals surface area contributed by atoms with Crippen LogP contribution in [-0.2, 0) is 9.53 Å². The maximum Gasteiger partial charge on any atom is 0.338 e. The van der Waals surface area contributed by atoms with Gasteiger partial charge >= 0.3 is 11.7 Å². The van der Waals surface area contributed by atoms with E-state index in [-0.39, 0.29) is 29.2 Å². The Hall–Kier alpha value is -5.43. The summed E-state index contributed by atoms with van der Waals surface area (Å²) < 4.78 is 12.8. The van der Waals surface area contributed by atoms with Gasteiger partial charge in [0, 0.05) is 6.07 Å². The molecule has 0 radical (unpaired) electrons. The van der Waals surface area contributed by atoms with Gasteiger partial charge < -0.3 is 9.47 Å². The van der Waals surface area contributed by atoms with Crippen LogP contribution in [0.2, 0.25) is 0 Å². The maximum absolute atomic E-state index is 13.8. The van der Waals surface area contributed by atoms with E-state index in [1.807, 2.05) is 30.3 Å². The lowest BCUT2D eigenvalue weighted by Gasteiger charge is -2.24. The SMILES string of the molecule is CCOC(=O)C1=C(C)N=c2s/c(=C\c3cccc(Oc4ccc([N+](=O)[O-])cc4[N+](=O)[O-])c3)c(=O)n2[C@@H]1c1ccccc1. The van der Waals surface area contributed by atoms with Crippen LogP contribution in [0.15, 0.2) is 93.9 Å². The van der Waals surface area contributed by atoms with Crippen LogP contribution in [0.25, 0.3) is 6.08 Å². The quantitative estimate of drug-likeness (QED) is 0.167. The van der Waals surface area contributed by atoms with Gasteiger partial charge in [-0.1, -0.05) is 53.8 Å². The predicted molar refractivity (Wildman–Crippen MR) is 153 cm³/mol. The number of hydrogen-bond acceptors (Lipinski definition) is 10. The fraction of sp³-hybridized carbons (Fsp3) is 0.138. The number of rotatable bonds is 8. The molecular formula is C29H22N4O8S. The number of carbonyl (C=O) groups is 1. The molecule has 12 nitrogen and oxygen atoms in total. The molecule has 2 heterocycles. The molecule has 13 heteroatoms. The second kappa shape index (κ2) is 11.6. The first kappa shape index (κ1) is 28.1. The van der Waals surface area contributed by atoms with E-state index >= 15 is 0 Å². The van der Waals surface area contributed by atoms with Crippen molar-refractivity contribution in [1.29, 1.82) is 0 Å². The average molecular weight is 587 g/mol. The van der Waals surface area contributed by atoms with Crippen LogP contribution in [-0.4, -0.2) is 27.0 Å². The first-order chi connectivity index (χ1) is 20.2. The number of carbonyl (C=O) groups excluding carboxylic acids is 1. The number of esters is 1. The van der Waals surface area contributed by atoms with E-state index in [0.29, 0.717) is 20.6 Å². The number of fused-ring (bicyclic) bond motifs is 1. The highest BCUT2D eigenvalue weighted by atomic mass is 32.1. The summed E-state index contributed by atoms with van der Waals surface area (Å²) in [4.78, 5) is 52.8. The Morgan fingerprint density at radius 1 is 1.05 bits per heavy atom. The van der Waals surface area contributed by atoms with E-state index in [1.165, 1.54) is 4.57 Å². The van der Waals surface area contributed by atoms with Crippen LogP contribution >= 0.6 is 11.3 Å². The fourth-order valence-corrected chi connectivity index (χ4v) is 5.58. The fourth-order valence-electron chi connectivity index (χ4n) is 4.54. The van der Waals surface area contributed by atoms with Gasteiger partial charge in [0.25, 0.3) is 11.2 Å². The minimum atomic E-state index is -0.761. The number of hydrogen-bond donors (Lipinski definition) is 0. The number of ether oxygens (including phenoxy) is 2. The Balaban J connectivity index is 1.56. The average Bonchev–Trinajstić information content (AvgIpc) is 3.26. The van der Waals surface area contributed by atoms with Crippen molar-refractivity contribution >= 4 is 34.8 Å². The molecule has 4 aromatic rings. The van der Waals surface area contributed by atoms with Gasteiger partial charge in [0.15, 0.2) is 4.80 Å². The van der Waals surface area contributed by atoms with E-state index < -0.39 is 33.2 Å². The van der Waals surface area contributed by atoms with E-state index in [9.17, 15) is 29.8 Å². The molecule has 212 valence electrons. The van der Waals surface area contributed by atoms with E-state index in [0.717, 1.165) is 35.1 Å². The molecule has 0 aliphatic carbocycles. The van der Waals surface area contributed by atoms with Crippen molar-refractivity contribution < 1.29 is 24.1 Å². The number of aromatic nitrogens is 1. The standard InChI is InChI=1S/C29H22N4O8S/c1-3-40-28(35)25-17(2)30-29-31(26(25)19-9-5-4-6-10-19)27(34)24(42-29)15-18-8-7-11-21(14-18)41-23-13-12-20(32(36)37)16-22(23)33(38)39/h4-16,26H,3H2,1-2H3/b24-15-/t26-/m1/s1. The molecule has 0 spiro atoms. The molecule has 1 aromatic heterocycles. The molecule has 0 saturated carbocycles. The predicted octanol–water partition coefficient (Wildman–Crippen LogP) is 4.41. The molecule has 0 unspecified atom stereocenters. The molecule has 0 saturated heterocycles. The minimum Gasteiger partial charge on any atom is -0.463 e. The summed E-state index contributed by atoms with van der Waals surface area (Å²) in [6.07, 6.45) is 1.63. The third kappa shape index (κ3) is 5.45. The summed E-state index contributed by atoms with van der Waals surface area (Å²) in [5, 5.41) is 22.5. The zero-order valence-corrected chi connectivity index (χ0v) is 23.1. The number of nitrogens with zero attached hydrogens (tertiary/aromatic N) is 4. The molecular weight excluding hydrogens is 564 g/mol. The van der Waals surface area contributed by atoms with Crippen LogP contribution in [0.4, 0.5) is 11.4 Å². The van der Waals surface area contributed by atoms with Gasteiger partial charge in [0.2, 0.25) is 5.75 Å². The van der Waals surface area contributed by atoms with Crippen molar-refractivity contribution in [2.45, 2.75) is 19.9 Å². The number of allylic oxidation sites excluding steroid dienone is 1. The maximum atomic E-state index is 13.8. The molecule has 1 atom stereocenters.